The van der Waals surface area contributed by atoms with Crippen molar-refractivity contribution >= 4 is 21.5 Å². The average Bonchev–Trinajstić information content (AvgIpc) is 2.29. The Morgan fingerprint density at radius 1 is 1.58 bits per heavy atom. The van der Waals surface area contributed by atoms with Gasteiger partial charge in [-0.05, 0) is 23.9 Å². The summed E-state index contributed by atoms with van der Waals surface area (Å²) in [6.07, 6.45) is 1.05. The van der Waals surface area contributed by atoms with E-state index in [0.717, 1.165) is 16.7 Å². The number of hydrogen-bond acceptors (Lipinski definition) is 4. The van der Waals surface area contributed by atoms with Crippen molar-refractivity contribution in [1.29, 1.82) is 0 Å². The molecule has 0 fully saturated rings. The zero-order valence-corrected chi connectivity index (χ0v) is 8.54. The maximum absolute atomic E-state index is 10.6. The summed E-state index contributed by atoms with van der Waals surface area (Å²) in [5.74, 6) is 0. The zero-order valence-electron chi connectivity index (χ0n) is 6.90. The molecule has 0 amide bonds. The molecule has 0 aliphatic heterocycles. The number of hydrogen-bond donors (Lipinski definition) is 0. The molecule has 0 atom stereocenters. The van der Waals surface area contributed by atoms with Crippen LogP contribution in [0.4, 0.5) is 0 Å². The predicted octanol–water partition coefficient (Wildman–Crippen LogP) is 1.53. The molecule has 1 aromatic rings. The molecular weight excluding hydrogens is 196 g/mol. The van der Waals surface area contributed by atoms with Crippen molar-refractivity contribution in [3.8, 4) is 0 Å². The molecule has 0 aliphatic carbocycles. The Morgan fingerprint density at radius 3 is 2.67 bits per heavy atom. The standard InChI is InChI=1S/C7H10O3S2/c1-6-3-4-11-7(6)5-10-12(2,8)9/h3-4H,5H2,1-2H3. The quantitative estimate of drug-likeness (QED) is 0.704. The second-order valence-corrected chi connectivity index (χ2v) is 5.14. The van der Waals surface area contributed by atoms with Gasteiger partial charge in [-0.1, -0.05) is 0 Å². The lowest BCUT2D eigenvalue weighted by Gasteiger charge is -1.98. The van der Waals surface area contributed by atoms with E-state index in [1.807, 2.05) is 18.4 Å². The van der Waals surface area contributed by atoms with Crippen LogP contribution in [0.25, 0.3) is 0 Å². The van der Waals surface area contributed by atoms with Crippen LogP contribution in [0.15, 0.2) is 11.4 Å². The molecule has 0 radical (unpaired) electrons. The van der Waals surface area contributed by atoms with E-state index in [-0.39, 0.29) is 6.61 Å². The molecule has 1 aromatic heterocycles. The fourth-order valence-corrected chi connectivity index (χ4v) is 1.94. The molecule has 0 N–H and O–H groups in total. The van der Waals surface area contributed by atoms with Gasteiger partial charge < -0.3 is 0 Å². The highest BCUT2D eigenvalue weighted by Gasteiger charge is 2.05. The van der Waals surface area contributed by atoms with Crippen molar-refractivity contribution in [2.45, 2.75) is 13.5 Å². The molecule has 0 spiro atoms. The first-order chi connectivity index (χ1) is 5.49. The van der Waals surface area contributed by atoms with Gasteiger partial charge in [0.05, 0.1) is 6.26 Å². The van der Waals surface area contributed by atoms with E-state index < -0.39 is 10.1 Å². The van der Waals surface area contributed by atoms with Crippen molar-refractivity contribution in [2.24, 2.45) is 0 Å². The Hall–Kier alpha value is -0.390. The lowest BCUT2D eigenvalue weighted by molar-refractivity contribution is 0.314. The fraction of sp³-hybridized carbons (Fsp3) is 0.429. The highest BCUT2D eigenvalue weighted by molar-refractivity contribution is 7.85. The summed E-state index contributed by atoms with van der Waals surface area (Å²) in [5.41, 5.74) is 1.07. The Labute approximate surface area is 76.1 Å². The number of rotatable bonds is 3. The molecule has 1 rings (SSSR count). The van der Waals surface area contributed by atoms with Crippen LogP contribution < -0.4 is 0 Å². The third kappa shape index (κ3) is 2.92. The molecule has 12 heavy (non-hydrogen) atoms. The normalized spacial score (nSPS) is 11.8. The van der Waals surface area contributed by atoms with Crippen molar-refractivity contribution in [3.63, 3.8) is 0 Å². The zero-order chi connectivity index (χ0) is 9.19. The van der Waals surface area contributed by atoms with Gasteiger partial charge in [0.2, 0.25) is 0 Å². The number of aryl methyl sites for hydroxylation is 1. The Balaban J connectivity index is 2.61. The molecule has 1 heterocycles. The third-order valence-corrected chi connectivity index (χ3v) is 2.91. The van der Waals surface area contributed by atoms with Crippen LogP contribution >= 0.6 is 11.3 Å². The summed E-state index contributed by atoms with van der Waals surface area (Å²) in [5, 5.41) is 1.91. The lowest BCUT2D eigenvalue weighted by atomic mass is 10.3. The largest absolute Gasteiger partial charge is 0.265 e. The lowest BCUT2D eigenvalue weighted by Crippen LogP contribution is -2.02. The van der Waals surface area contributed by atoms with E-state index in [4.69, 9.17) is 0 Å². The van der Waals surface area contributed by atoms with Crippen LogP contribution in [-0.4, -0.2) is 14.7 Å². The average molecular weight is 206 g/mol. The minimum atomic E-state index is -3.31. The van der Waals surface area contributed by atoms with Crippen LogP contribution in [0.5, 0.6) is 0 Å². The van der Waals surface area contributed by atoms with Crippen LogP contribution in [-0.2, 0) is 20.9 Å². The third-order valence-electron chi connectivity index (χ3n) is 1.37. The first kappa shape index (κ1) is 9.70. The van der Waals surface area contributed by atoms with Gasteiger partial charge in [0, 0.05) is 4.88 Å². The van der Waals surface area contributed by atoms with Gasteiger partial charge in [0.25, 0.3) is 10.1 Å². The van der Waals surface area contributed by atoms with E-state index in [1.54, 1.807) is 0 Å². The van der Waals surface area contributed by atoms with E-state index in [0.29, 0.717) is 0 Å². The van der Waals surface area contributed by atoms with Gasteiger partial charge in [-0.25, -0.2) is 0 Å². The van der Waals surface area contributed by atoms with E-state index in [2.05, 4.69) is 4.18 Å². The van der Waals surface area contributed by atoms with Crippen molar-refractivity contribution in [3.05, 3.63) is 21.9 Å². The minimum Gasteiger partial charge on any atom is -0.265 e. The smallest absolute Gasteiger partial charge is 0.264 e. The highest BCUT2D eigenvalue weighted by Crippen LogP contribution is 2.16. The van der Waals surface area contributed by atoms with Crippen LogP contribution in [0.1, 0.15) is 10.4 Å². The summed E-state index contributed by atoms with van der Waals surface area (Å²) in [7, 11) is -3.31. The number of thiophene rings is 1. The molecule has 0 aromatic carbocycles. The summed E-state index contributed by atoms with van der Waals surface area (Å²) >= 11 is 1.50. The van der Waals surface area contributed by atoms with Crippen LogP contribution in [0.3, 0.4) is 0 Å². The first-order valence-corrected chi connectivity index (χ1v) is 6.06. The second kappa shape index (κ2) is 3.55. The molecular formula is C7H10O3S2. The molecule has 0 unspecified atom stereocenters. The van der Waals surface area contributed by atoms with Gasteiger partial charge in [0.1, 0.15) is 6.61 Å². The molecule has 0 bridgehead atoms. The SMILES string of the molecule is Cc1ccsc1COS(C)(=O)=O. The van der Waals surface area contributed by atoms with Crippen molar-refractivity contribution in [1.82, 2.24) is 0 Å². The van der Waals surface area contributed by atoms with E-state index >= 15 is 0 Å². The van der Waals surface area contributed by atoms with E-state index in [9.17, 15) is 8.42 Å². The highest BCUT2D eigenvalue weighted by atomic mass is 32.2. The maximum Gasteiger partial charge on any atom is 0.264 e. The summed E-state index contributed by atoms with van der Waals surface area (Å²) in [6.45, 7) is 2.08. The minimum absolute atomic E-state index is 0.155. The van der Waals surface area contributed by atoms with Crippen molar-refractivity contribution < 1.29 is 12.6 Å². The molecule has 3 nitrogen and oxygen atoms in total. The van der Waals surface area contributed by atoms with Gasteiger partial charge in [-0.3, -0.25) is 4.18 Å². The van der Waals surface area contributed by atoms with Crippen LogP contribution in [0.2, 0.25) is 0 Å². The molecule has 0 saturated carbocycles. The summed E-state index contributed by atoms with van der Waals surface area (Å²) in [6, 6.07) is 1.94. The predicted molar refractivity (Wildman–Crippen MR) is 48.7 cm³/mol. The topological polar surface area (TPSA) is 43.4 Å². The van der Waals surface area contributed by atoms with Gasteiger partial charge >= 0.3 is 0 Å². The Kier molecular flexibility index (Phi) is 2.87. The van der Waals surface area contributed by atoms with Gasteiger partial charge in [-0.2, -0.15) is 8.42 Å². The van der Waals surface area contributed by atoms with Gasteiger partial charge in [0.15, 0.2) is 0 Å². The van der Waals surface area contributed by atoms with Crippen LogP contribution in [0, 0.1) is 6.92 Å². The maximum atomic E-state index is 10.6. The van der Waals surface area contributed by atoms with Crippen molar-refractivity contribution in [2.75, 3.05) is 6.26 Å². The monoisotopic (exact) mass is 206 g/mol. The summed E-state index contributed by atoms with van der Waals surface area (Å²) < 4.78 is 25.9. The Bertz CT molecular complexity index is 350. The first-order valence-electron chi connectivity index (χ1n) is 3.36. The molecule has 0 saturated heterocycles. The Morgan fingerprint density at radius 2 is 2.25 bits per heavy atom. The summed E-state index contributed by atoms with van der Waals surface area (Å²) in [4.78, 5) is 0.959. The van der Waals surface area contributed by atoms with E-state index in [1.165, 1.54) is 11.3 Å². The fourth-order valence-electron chi connectivity index (χ4n) is 0.713. The molecule has 0 aliphatic rings. The van der Waals surface area contributed by atoms with Gasteiger partial charge in [-0.15, -0.1) is 11.3 Å². The second-order valence-electron chi connectivity index (χ2n) is 2.49. The molecule has 5 heteroatoms. The molecule has 68 valence electrons.